The summed E-state index contributed by atoms with van der Waals surface area (Å²) >= 11 is 0. The average Bonchev–Trinajstić information content (AvgIpc) is 3.51. The fourth-order valence-corrected chi connectivity index (χ4v) is 7.65. The van der Waals surface area contributed by atoms with Crippen molar-refractivity contribution in [3.8, 4) is 0 Å². The Hall–Kier alpha value is -3.43. The lowest BCUT2D eigenvalue weighted by Gasteiger charge is -2.37. The highest BCUT2D eigenvalue weighted by Crippen LogP contribution is 2.66. The fourth-order valence-electron chi connectivity index (χ4n) is 7.65. The number of carbonyl (C=O) groups is 3. The summed E-state index contributed by atoms with van der Waals surface area (Å²) in [4.78, 5) is 46.2. The number of rotatable bonds is 11. The number of amides is 3. The first kappa shape index (κ1) is 30.0. The van der Waals surface area contributed by atoms with E-state index in [0.717, 1.165) is 25.2 Å². The second-order valence-corrected chi connectivity index (χ2v) is 12.1. The van der Waals surface area contributed by atoms with E-state index in [2.05, 4.69) is 29.4 Å². The van der Waals surface area contributed by atoms with Gasteiger partial charge in [-0.25, -0.2) is 0 Å². The third-order valence-electron chi connectivity index (χ3n) is 9.79. The van der Waals surface area contributed by atoms with Gasteiger partial charge in [-0.3, -0.25) is 14.4 Å². The number of anilines is 2. The van der Waals surface area contributed by atoms with Gasteiger partial charge in [0.2, 0.25) is 17.7 Å². The minimum atomic E-state index is -1.20. The summed E-state index contributed by atoms with van der Waals surface area (Å²) in [6, 6.07) is 15.1. The van der Waals surface area contributed by atoms with Gasteiger partial charge in [0.25, 0.3) is 0 Å². The SMILES string of the molecule is CCCNC(=O)[C@H]1[C@H]2C(=O)N([C@H](CO)c3ccccc3)C(C(=O)Nc3ccc(N(CC)CC)cc3)C23CC(C)[C@]1(C)O3. The van der Waals surface area contributed by atoms with Crippen molar-refractivity contribution in [2.45, 2.75) is 70.7 Å². The molecule has 3 saturated heterocycles. The van der Waals surface area contributed by atoms with Crippen molar-refractivity contribution < 1.29 is 24.2 Å². The van der Waals surface area contributed by atoms with E-state index < -0.39 is 35.1 Å². The van der Waals surface area contributed by atoms with Crippen LogP contribution >= 0.6 is 0 Å². The van der Waals surface area contributed by atoms with E-state index in [0.29, 0.717) is 24.2 Å². The zero-order chi connectivity index (χ0) is 30.2. The largest absolute Gasteiger partial charge is 0.394 e. The Morgan fingerprint density at radius 3 is 2.33 bits per heavy atom. The number of aliphatic hydroxyl groups excluding tert-OH is 1. The number of nitrogens with zero attached hydrogens (tertiary/aromatic N) is 2. The quantitative estimate of drug-likeness (QED) is 0.376. The van der Waals surface area contributed by atoms with Crippen LogP contribution in [0.3, 0.4) is 0 Å². The van der Waals surface area contributed by atoms with Crippen LogP contribution in [-0.2, 0) is 19.1 Å². The van der Waals surface area contributed by atoms with Gasteiger partial charge < -0.3 is 30.3 Å². The Morgan fingerprint density at radius 1 is 1.07 bits per heavy atom. The number of hydrogen-bond donors (Lipinski definition) is 3. The summed E-state index contributed by atoms with van der Waals surface area (Å²) in [5, 5.41) is 16.7. The molecule has 2 aromatic rings. The van der Waals surface area contributed by atoms with E-state index in [-0.39, 0.29) is 30.2 Å². The van der Waals surface area contributed by atoms with Gasteiger partial charge in [-0.2, -0.15) is 0 Å². The highest BCUT2D eigenvalue weighted by molar-refractivity contribution is 6.04. The maximum absolute atomic E-state index is 14.5. The van der Waals surface area contributed by atoms with Crippen LogP contribution in [0.25, 0.3) is 0 Å². The van der Waals surface area contributed by atoms with Gasteiger partial charge in [-0.05, 0) is 69.4 Å². The first-order valence-corrected chi connectivity index (χ1v) is 15.3. The number of fused-ring (bicyclic) bond motifs is 1. The molecule has 0 saturated carbocycles. The van der Waals surface area contributed by atoms with Gasteiger partial charge in [0.15, 0.2) is 0 Å². The molecule has 7 atom stereocenters. The Kier molecular flexibility index (Phi) is 8.36. The van der Waals surface area contributed by atoms with Crippen LogP contribution in [0.2, 0.25) is 0 Å². The number of ether oxygens (including phenoxy) is 1. The molecule has 3 N–H and O–H groups in total. The van der Waals surface area contributed by atoms with Crippen LogP contribution < -0.4 is 15.5 Å². The monoisotopic (exact) mass is 576 g/mol. The van der Waals surface area contributed by atoms with Gasteiger partial charge >= 0.3 is 0 Å². The van der Waals surface area contributed by atoms with Crippen LogP contribution in [-0.4, -0.2) is 71.2 Å². The number of likely N-dealkylation sites (tertiary alicyclic amines) is 1. The molecular weight excluding hydrogens is 532 g/mol. The molecule has 226 valence electrons. The molecule has 3 heterocycles. The number of aliphatic hydroxyl groups is 1. The fraction of sp³-hybridized carbons (Fsp3) is 0.545. The summed E-state index contributed by atoms with van der Waals surface area (Å²) in [6.45, 7) is 12.0. The molecule has 1 spiro atoms. The molecule has 0 aliphatic carbocycles. The van der Waals surface area contributed by atoms with Crippen molar-refractivity contribution >= 4 is 29.1 Å². The summed E-state index contributed by atoms with van der Waals surface area (Å²) < 4.78 is 6.81. The third kappa shape index (κ3) is 4.67. The Morgan fingerprint density at radius 2 is 1.74 bits per heavy atom. The van der Waals surface area contributed by atoms with E-state index in [1.807, 2.05) is 75.4 Å². The van der Waals surface area contributed by atoms with Gasteiger partial charge in [0.05, 0.1) is 30.1 Å². The second-order valence-electron chi connectivity index (χ2n) is 12.1. The average molecular weight is 577 g/mol. The number of nitrogens with one attached hydrogen (secondary N) is 2. The maximum Gasteiger partial charge on any atom is 0.250 e. The van der Waals surface area contributed by atoms with E-state index in [1.54, 1.807) is 0 Å². The highest BCUT2D eigenvalue weighted by atomic mass is 16.5. The Balaban J connectivity index is 1.56. The lowest BCUT2D eigenvalue weighted by molar-refractivity contribution is -0.149. The lowest BCUT2D eigenvalue weighted by Crippen LogP contribution is -2.55. The smallest absolute Gasteiger partial charge is 0.250 e. The second kappa shape index (κ2) is 11.7. The highest BCUT2D eigenvalue weighted by Gasteiger charge is 2.80. The first-order chi connectivity index (χ1) is 20.2. The molecular formula is C33H44N4O5. The predicted molar refractivity (Wildman–Crippen MR) is 162 cm³/mol. The van der Waals surface area contributed by atoms with E-state index in [9.17, 15) is 19.5 Å². The first-order valence-electron chi connectivity index (χ1n) is 15.3. The molecule has 3 aliphatic rings. The van der Waals surface area contributed by atoms with Crippen LogP contribution in [0, 0.1) is 17.8 Å². The van der Waals surface area contributed by atoms with Crippen LogP contribution in [0.15, 0.2) is 54.6 Å². The summed E-state index contributed by atoms with van der Waals surface area (Å²) in [6.07, 6.45) is 1.22. The van der Waals surface area contributed by atoms with Gasteiger partial charge in [0.1, 0.15) is 11.6 Å². The topological polar surface area (TPSA) is 111 Å². The molecule has 42 heavy (non-hydrogen) atoms. The predicted octanol–water partition coefficient (Wildman–Crippen LogP) is 3.74. The molecule has 9 nitrogen and oxygen atoms in total. The van der Waals surface area contributed by atoms with Crippen molar-refractivity contribution in [2.24, 2.45) is 17.8 Å². The molecule has 3 aliphatic heterocycles. The summed E-state index contributed by atoms with van der Waals surface area (Å²) in [5.74, 6) is -2.59. The number of hydrogen-bond acceptors (Lipinski definition) is 6. The Labute approximate surface area is 248 Å². The van der Waals surface area contributed by atoms with E-state index >= 15 is 0 Å². The molecule has 2 aromatic carbocycles. The van der Waals surface area contributed by atoms with Crippen molar-refractivity contribution in [1.82, 2.24) is 10.2 Å². The molecule has 5 rings (SSSR count). The number of carbonyl (C=O) groups excluding carboxylic acids is 3. The molecule has 3 fully saturated rings. The molecule has 3 amide bonds. The Bertz CT molecular complexity index is 1300. The minimum absolute atomic E-state index is 0.0631. The summed E-state index contributed by atoms with van der Waals surface area (Å²) in [7, 11) is 0. The van der Waals surface area contributed by atoms with Crippen molar-refractivity contribution in [1.29, 1.82) is 0 Å². The van der Waals surface area contributed by atoms with E-state index in [4.69, 9.17) is 4.74 Å². The maximum atomic E-state index is 14.5. The normalized spacial score (nSPS) is 30.2. The standard InChI is InChI=1S/C33H44N4O5/c1-6-18-34-29(39)26-27-31(41)37(25(20-38)22-12-10-9-11-13-22)28(33(27)19-21(4)32(26,5)42-33)30(40)35-23-14-16-24(17-15-23)36(7-2)8-3/h9-17,21,25-28,38H,6-8,18-20H2,1-5H3,(H,34,39)(H,35,40)/t21?,25-,26-,27+,28?,32+,33?/m1/s1. The minimum Gasteiger partial charge on any atom is -0.394 e. The van der Waals surface area contributed by atoms with Gasteiger partial charge in [-0.15, -0.1) is 0 Å². The van der Waals surface area contributed by atoms with Crippen LogP contribution in [0.1, 0.15) is 59.1 Å². The van der Waals surface area contributed by atoms with Crippen molar-refractivity contribution in [2.75, 3.05) is 36.5 Å². The molecule has 0 aromatic heterocycles. The molecule has 2 bridgehead atoms. The van der Waals surface area contributed by atoms with E-state index in [1.165, 1.54) is 4.90 Å². The summed E-state index contributed by atoms with van der Waals surface area (Å²) in [5.41, 5.74) is 0.279. The zero-order valence-electron chi connectivity index (χ0n) is 25.3. The van der Waals surface area contributed by atoms with Gasteiger partial charge in [-0.1, -0.05) is 44.2 Å². The van der Waals surface area contributed by atoms with Crippen molar-refractivity contribution in [3.63, 3.8) is 0 Å². The van der Waals surface area contributed by atoms with Crippen molar-refractivity contribution in [3.05, 3.63) is 60.2 Å². The number of benzene rings is 2. The lowest BCUT2D eigenvalue weighted by atomic mass is 9.62. The molecule has 3 unspecified atom stereocenters. The third-order valence-corrected chi connectivity index (χ3v) is 9.79. The zero-order valence-corrected chi connectivity index (χ0v) is 25.3. The molecule has 9 heteroatoms. The molecule has 0 radical (unpaired) electrons. The van der Waals surface area contributed by atoms with Crippen LogP contribution in [0.5, 0.6) is 0 Å². The van der Waals surface area contributed by atoms with Crippen LogP contribution in [0.4, 0.5) is 11.4 Å². The van der Waals surface area contributed by atoms with Gasteiger partial charge in [0, 0.05) is 31.0 Å².